The van der Waals surface area contributed by atoms with Gasteiger partial charge in [0.25, 0.3) is 0 Å². The van der Waals surface area contributed by atoms with Crippen molar-refractivity contribution in [3.63, 3.8) is 0 Å². The first-order valence-electron chi connectivity index (χ1n) is 12.7. The van der Waals surface area contributed by atoms with Crippen molar-refractivity contribution in [1.82, 2.24) is 14.7 Å². The summed E-state index contributed by atoms with van der Waals surface area (Å²) in [5.41, 5.74) is 1.31. The third-order valence-corrected chi connectivity index (χ3v) is 7.87. The number of aliphatic hydroxyl groups is 1. The van der Waals surface area contributed by atoms with Crippen LogP contribution in [0.25, 0.3) is 0 Å². The van der Waals surface area contributed by atoms with Crippen molar-refractivity contribution in [2.24, 2.45) is 0 Å². The molecule has 2 aromatic rings. The first-order valence-corrected chi connectivity index (χ1v) is 12.7. The molecule has 0 aliphatic carbocycles. The number of piperidine rings is 1. The normalized spacial score (nSPS) is 29.7. The minimum atomic E-state index is -1.08. The minimum Gasteiger partial charge on any atom is -0.505 e. The zero-order chi connectivity index (χ0) is 25.3. The summed E-state index contributed by atoms with van der Waals surface area (Å²) < 4.78 is 13.8. The van der Waals surface area contributed by atoms with Crippen molar-refractivity contribution in [2.75, 3.05) is 51.4 Å². The van der Waals surface area contributed by atoms with Crippen LogP contribution in [0.4, 0.5) is 5.69 Å². The summed E-state index contributed by atoms with van der Waals surface area (Å²) in [6.07, 6.45) is 7.40. The summed E-state index contributed by atoms with van der Waals surface area (Å²) in [7, 11) is 2.14. The van der Waals surface area contributed by atoms with E-state index in [1.54, 1.807) is 6.20 Å². The van der Waals surface area contributed by atoms with E-state index < -0.39 is 5.60 Å². The molecule has 3 fully saturated rings. The number of hydrogen-bond acceptors (Lipinski definition) is 9. The summed E-state index contributed by atoms with van der Waals surface area (Å²) in [4.78, 5) is 4.65. The van der Waals surface area contributed by atoms with Gasteiger partial charge >= 0.3 is 0 Å². The highest BCUT2D eigenvalue weighted by Gasteiger charge is 2.37. The van der Waals surface area contributed by atoms with Crippen molar-refractivity contribution in [1.29, 1.82) is 10.8 Å². The molecule has 3 aliphatic rings. The van der Waals surface area contributed by atoms with Crippen LogP contribution in [0.15, 0.2) is 30.6 Å². The number of rotatable bonds is 6. The lowest BCUT2D eigenvalue weighted by molar-refractivity contribution is -0.0186. The number of ether oxygens (including phenoxy) is 2. The quantitative estimate of drug-likeness (QED) is 0.451. The number of benzene rings is 1. The summed E-state index contributed by atoms with van der Waals surface area (Å²) >= 11 is 0. The van der Waals surface area contributed by atoms with Gasteiger partial charge in [-0.25, -0.2) is 0 Å². The number of anilines is 1. The third kappa shape index (κ3) is 5.04. The SMILES string of the molecule is CN1CCC(n2cc(O)cn2)CC1C1CN(c2cc(C(=N)C=N)cc(C3(O)CCOC3)c2)CCCO1. The highest BCUT2D eigenvalue weighted by atomic mass is 16.5. The Morgan fingerprint density at radius 1 is 1.25 bits per heavy atom. The van der Waals surface area contributed by atoms with Gasteiger partial charge in [-0.3, -0.25) is 10.1 Å². The highest BCUT2D eigenvalue weighted by Crippen LogP contribution is 2.35. The van der Waals surface area contributed by atoms with Crippen molar-refractivity contribution in [3.05, 3.63) is 41.7 Å². The maximum absolute atomic E-state index is 11.2. The molecular formula is C26H36N6O4. The Hall–Kier alpha value is -2.79. The van der Waals surface area contributed by atoms with E-state index in [4.69, 9.17) is 20.3 Å². The number of aromatic hydroxyl groups is 1. The molecular weight excluding hydrogens is 460 g/mol. The molecule has 10 heteroatoms. The second-order valence-electron chi connectivity index (χ2n) is 10.3. The topological polar surface area (TPSA) is 131 Å². The summed E-state index contributed by atoms with van der Waals surface area (Å²) in [6, 6.07) is 6.16. The van der Waals surface area contributed by atoms with Crippen LogP contribution >= 0.6 is 0 Å². The number of likely N-dealkylation sites (tertiary alicyclic amines) is 1. The van der Waals surface area contributed by atoms with Gasteiger partial charge in [0.2, 0.25) is 0 Å². The van der Waals surface area contributed by atoms with Crippen molar-refractivity contribution < 1.29 is 19.7 Å². The van der Waals surface area contributed by atoms with E-state index in [2.05, 4.69) is 21.9 Å². The molecule has 0 radical (unpaired) electrons. The van der Waals surface area contributed by atoms with Crippen LogP contribution in [0, 0.1) is 10.8 Å². The molecule has 5 rings (SSSR count). The molecule has 194 valence electrons. The molecule has 4 heterocycles. The van der Waals surface area contributed by atoms with Crippen LogP contribution in [-0.2, 0) is 15.1 Å². The van der Waals surface area contributed by atoms with E-state index in [9.17, 15) is 10.2 Å². The number of likely N-dealkylation sites (N-methyl/N-ethyl adjacent to an activating group) is 1. The van der Waals surface area contributed by atoms with Crippen molar-refractivity contribution >= 4 is 17.6 Å². The molecule has 1 aromatic carbocycles. The largest absolute Gasteiger partial charge is 0.505 e. The molecule has 4 atom stereocenters. The fraction of sp³-hybridized carbons (Fsp3) is 0.577. The van der Waals surface area contributed by atoms with Gasteiger partial charge in [0.15, 0.2) is 5.75 Å². The summed E-state index contributed by atoms with van der Waals surface area (Å²) in [5.74, 6) is 0.183. The molecule has 0 bridgehead atoms. The molecule has 4 N–H and O–H groups in total. The van der Waals surface area contributed by atoms with E-state index in [0.717, 1.165) is 49.8 Å². The first-order chi connectivity index (χ1) is 17.4. The second kappa shape index (κ2) is 10.3. The Kier molecular flexibility index (Phi) is 7.11. The van der Waals surface area contributed by atoms with Gasteiger partial charge in [-0.05, 0) is 50.1 Å². The van der Waals surface area contributed by atoms with Crippen LogP contribution in [0.5, 0.6) is 5.75 Å². The Morgan fingerprint density at radius 3 is 2.83 bits per heavy atom. The zero-order valence-electron chi connectivity index (χ0n) is 20.8. The number of nitrogens with one attached hydrogen (secondary N) is 2. The van der Waals surface area contributed by atoms with E-state index >= 15 is 0 Å². The Balaban J connectivity index is 1.41. The average molecular weight is 497 g/mol. The van der Waals surface area contributed by atoms with Crippen LogP contribution in [0.3, 0.4) is 0 Å². The molecule has 3 aliphatic heterocycles. The van der Waals surface area contributed by atoms with Gasteiger partial charge in [0.1, 0.15) is 5.60 Å². The van der Waals surface area contributed by atoms with Crippen LogP contribution in [-0.4, -0.2) is 95.5 Å². The van der Waals surface area contributed by atoms with Crippen molar-refractivity contribution in [3.8, 4) is 5.75 Å². The van der Waals surface area contributed by atoms with Gasteiger partial charge in [-0.2, -0.15) is 5.10 Å². The predicted octanol–water partition coefficient (Wildman–Crippen LogP) is 2.14. The average Bonchev–Trinajstić information content (AvgIpc) is 3.45. The zero-order valence-corrected chi connectivity index (χ0v) is 20.8. The molecule has 0 spiro atoms. The molecule has 10 nitrogen and oxygen atoms in total. The number of hydrogen-bond donors (Lipinski definition) is 4. The maximum atomic E-state index is 11.2. The fourth-order valence-electron chi connectivity index (χ4n) is 5.70. The van der Waals surface area contributed by atoms with Gasteiger partial charge < -0.3 is 34.9 Å². The maximum Gasteiger partial charge on any atom is 0.153 e. The van der Waals surface area contributed by atoms with E-state index in [0.29, 0.717) is 31.7 Å². The first kappa shape index (κ1) is 24.9. The number of aromatic nitrogens is 2. The number of nitrogens with zero attached hydrogens (tertiary/aromatic N) is 4. The lowest BCUT2D eigenvalue weighted by atomic mass is 9.90. The monoisotopic (exact) mass is 496 g/mol. The van der Waals surface area contributed by atoms with Crippen molar-refractivity contribution in [2.45, 2.75) is 49.5 Å². The fourth-order valence-corrected chi connectivity index (χ4v) is 5.70. The molecule has 1 aromatic heterocycles. The lowest BCUT2D eigenvalue weighted by Crippen LogP contribution is -2.51. The molecule has 0 saturated carbocycles. The Bertz CT molecular complexity index is 1100. The standard InChI is InChI=1S/C26H36N6O4/c1-30-6-3-20(32-15-22(33)14-29-32)12-24(30)25-16-31(5-2-7-36-25)21-10-18(23(28)13-27)9-19(11-21)26(34)4-8-35-17-26/h9-11,13-15,20,24-25,27-28,33-34H,2-8,12,16-17H2,1H3. The third-order valence-electron chi connectivity index (χ3n) is 7.87. The minimum absolute atomic E-state index is 0.0309. The second-order valence-corrected chi connectivity index (χ2v) is 10.3. The Labute approximate surface area is 211 Å². The van der Waals surface area contributed by atoms with Crippen LogP contribution < -0.4 is 4.90 Å². The van der Waals surface area contributed by atoms with Gasteiger partial charge in [0.05, 0.1) is 36.9 Å². The molecule has 4 unspecified atom stereocenters. The van der Waals surface area contributed by atoms with Gasteiger partial charge in [-0.1, -0.05) is 0 Å². The van der Waals surface area contributed by atoms with Crippen LogP contribution in [0.2, 0.25) is 0 Å². The smallest absolute Gasteiger partial charge is 0.153 e. The highest BCUT2D eigenvalue weighted by molar-refractivity contribution is 6.35. The van der Waals surface area contributed by atoms with E-state index in [-0.39, 0.29) is 36.3 Å². The molecule has 0 amide bonds. The Morgan fingerprint density at radius 2 is 2.11 bits per heavy atom. The van der Waals surface area contributed by atoms with E-state index in [1.807, 2.05) is 22.9 Å². The van der Waals surface area contributed by atoms with Gasteiger partial charge in [-0.15, -0.1) is 0 Å². The van der Waals surface area contributed by atoms with Crippen LogP contribution in [0.1, 0.15) is 42.9 Å². The van der Waals surface area contributed by atoms with E-state index in [1.165, 1.54) is 6.20 Å². The lowest BCUT2D eigenvalue weighted by Gasteiger charge is -2.42. The summed E-state index contributed by atoms with van der Waals surface area (Å²) in [6.45, 7) is 3.80. The molecule has 36 heavy (non-hydrogen) atoms. The van der Waals surface area contributed by atoms with Gasteiger partial charge in [0, 0.05) is 62.8 Å². The molecule has 3 saturated heterocycles. The summed E-state index contributed by atoms with van der Waals surface area (Å²) in [5, 5.41) is 41.2. The predicted molar refractivity (Wildman–Crippen MR) is 137 cm³/mol.